The fourth-order valence-corrected chi connectivity index (χ4v) is 12.1. The van der Waals surface area contributed by atoms with E-state index in [0.717, 1.165) is 32.9 Å². The van der Waals surface area contributed by atoms with Crippen molar-refractivity contribution in [3.63, 3.8) is 0 Å². The lowest BCUT2D eigenvalue weighted by Gasteiger charge is -2.34. The minimum absolute atomic E-state index is 0.492. The number of nitriles is 1. The summed E-state index contributed by atoms with van der Waals surface area (Å²) in [5.74, 6) is 0. The van der Waals surface area contributed by atoms with E-state index in [1.54, 1.807) is 0 Å². The quantitative estimate of drug-likeness (QED) is 0.104. The average molecular weight is 628 g/mol. The third kappa shape index (κ3) is 4.55. The topological polar surface area (TPSA) is 33.1 Å². The SMILES string of the molecule is [C-]#[N+]c1cc(-c2ccc([Si](c3ccccc3)(c3ccccc3)c3ccccc3)cc2)c(C#N)c(-n2c3ccccc3c3ccccc32)c1. The number of nitrogens with zero attached hydrogens (tertiary/aromatic N) is 3. The molecular weight excluding hydrogens is 599 g/mol. The molecular formula is C44H29N3Si. The van der Waals surface area contributed by atoms with Crippen LogP contribution in [0.3, 0.4) is 0 Å². The third-order valence-electron chi connectivity index (χ3n) is 9.41. The van der Waals surface area contributed by atoms with E-state index in [1.165, 1.54) is 20.7 Å². The van der Waals surface area contributed by atoms with Crippen molar-refractivity contribution in [2.45, 2.75) is 0 Å². The molecule has 0 saturated carbocycles. The Morgan fingerprint density at radius 3 is 1.42 bits per heavy atom. The molecule has 224 valence electrons. The molecule has 0 spiro atoms. The second kappa shape index (κ2) is 12.0. The smallest absolute Gasteiger partial charge is 0.190 e. The third-order valence-corrected chi connectivity index (χ3v) is 14.2. The highest BCUT2D eigenvalue weighted by Gasteiger charge is 2.41. The Balaban J connectivity index is 1.36. The summed E-state index contributed by atoms with van der Waals surface area (Å²) in [6.45, 7) is 8.02. The van der Waals surface area contributed by atoms with Gasteiger partial charge in [0.1, 0.15) is 6.07 Å². The Bertz CT molecular complexity index is 2350. The molecule has 7 aromatic carbocycles. The molecule has 8 aromatic rings. The molecule has 0 aliphatic heterocycles. The molecule has 0 aliphatic rings. The van der Waals surface area contributed by atoms with Crippen molar-refractivity contribution in [2.24, 2.45) is 0 Å². The minimum atomic E-state index is -2.70. The van der Waals surface area contributed by atoms with E-state index in [4.69, 9.17) is 6.57 Å². The first-order chi connectivity index (χ1) is 23.7. The molecule has 3 nitrogen and oxygen atoms in total. The Morgan fingerprint density at radius 1 is 0.521 bits per heavy atom. The Hall–Kier alpha value is -6.46. The molecule has 0 fully saturated rings. The van der Waals surface area contributed by atoms with E-state index in [1.807, 2.05) is 36.4 Å². The van der Waals surface area contributed by atoms with E-state index >= 15 is 0 Å². The summed E-state index contributed by atoms with van der Waals surface area (Å²) in [5.41, 5.74) is 5.40. The van der Waals surface area contributed by atoms with Crippen LogP contribution in [0, 0.1) is 17.9 Å². The van der Waals surface area contributed by atoms with E-state index < -0.39 is 8.07 Å². The maximum Gasteiger partial charge on any atom is 0.190 e. The summed E-state index contributed by atoms with van der Waals surface area (Å²) >= 11 is 0. The maximum absolute atomic E-state index is 10.8. The van der Waals surface area contributed by atoms with Crippen molar-refractivity contribution in [2.75, 3.05) is 0 Å². The summed E-state index contributed by atoms with van der Waals surface area (Å²) in [6.07, 6.45) is 0. The molecule has 0 N–H and O–H groups in total. The molecule has 8 rings (SSSR count). The van der Waals surface area contributed by atoms with Gasteiger partial charge in [-0.15, -0.1) is 0 Å². The van der Waals surface area contributed by atoms with Gasteiger partial charge in [0.05, 0.1) is 28.9 Å². The largest absolute Gasteiger partial charge is 0.309 e. The highest BCUT2D eigenvalue weighted by atomic mass is 28.3. The van der Waals surface area contributed by atoms with Crippen LogP contribution < -0.4 is 20.7 Å². The molecule has 1 aromatic heterocycles. The van der Waals surface area contributed by atoms with Gasteiger partial charge in [-0.1, -0.05) is 152 Å². The van der Waals surface area contributed by atoms with Crippen molar-refractivity contribution >= 4 is 56.3 Å². The molecule has 0 atom stereocenters. The van der Waals surface area contributed by atoms with Crippen LogP contribution in [0.5, 0.6) is 0 Å². The Morgan fingerprint density at radius 2 is 0.958 bits per heavy atom. The van der Waals surface area contributed by atoms with Gasteiger partial charge in [0.15, 0.2) is 13.8 Å². The van der Waals surface area contributed by atoms with Gasteiger partial charge in [-0.05, 0) is 56.1 Å². The number of hydrogen-bond donors (Lipinski definition) is 0. The normalized spacial score (nSPS) is 11.3. The lowest BCUT2D eigenvalue weighted by molar-refractivity contribution is 1.17. The fourth-order valence-electron chi connectivity index (χ4n) is 7.34. The van der Waals surface area contributed by atoms with E-state index in [0.29, 0.717) is 16.9 Å². The number of rotatable bonds is 6. The summed E-state index contributed by atoms with van der Waals surface area (Å²) in [7, 11) is -2.70. The van der Waals surface area contributed by atoms with Crippen molar-refractivity contribution in [1.29, 1.82) is 5.26 Å². The van der Waals surface area contributed by atoms with Crippen molar-refractivity contribution in [3.05, 3.63) is 193 Å². The van der Waals surface area contributed by atoms with E-state index in [-0.39, 0.29) is 0 Å². The van der Waals surface area contributed by atoms with Crippen LogP contribution in [0.15, 0.2) is 176 Å². The van der Waals surface area contributed by atoms with Crippen LogP contribution in [0.4, 0.5) is 5.69 Å². The van der Waals surface area contributed by atoms with Crippen LogP contribution in [0.2, 0.25) is 0 Å². The molecule has 0 aliphatic carbocycles. The summed E-state index contributed by atoms with van der Waals surface area (Å²) in [4.78, 5) is 3.87. The van der Waals surface area contributed by atoms with Gasteiger partial charge < -0.3 is 4.57 Å². The van der Waals surface area contributed by atoms with Gasteiger partial charge in [-0.2, -0.15) is 5.26 Å². The number of para-hydroxylation sites is 2. The molecule has 0 unspecified atom stereocenters. The van der Waals surface area contributed by atoms with Crippen LogP contribution in [0.25, 0.3) is 43.5 Å². The second-order valence-electron chi connectivity index (χ2n) is 11.9. The Kier molecular flexibility index (Phi) is 7.27. The van der Waals surface area contributed by atoms with Crippen LogP contribution in [-0.2, 0) is 0 Å². The fraction of sp³-hybridized carbons (Fsp3) is 0. The zero-order valence-electron chi connectivity index (χ0n) is 26.1. The van der Waals surface area contributed by atoms with Crippen LogP contribution in [-0.4, -0.2) is 12.6 Å². The first-order valence-electron chi connectivity index (χ1n) is 16.0. The number of aromatic nitrogens is 1. The standard InChI is InChI=1S/C44H29N3Si/c1-46-33-29-40(41(31-45)44(30-33)47-42-23-13-11-21-38(42)39-22-12-14-24-43(39)47)32-25-27-37(28-26-32)48(34-15-5-2-6-16-34,35-17-7-3-8-18-35)36-19-9-4-10-20-36/h2-30H. The monoisotopic (exact) mass is 627 g/mol. The first kappa shape index (κ1) is 29.0. The summed E-state index contributed by atoms with van der Waals surface area (Å²) in [6, 6.07) is 64.0. The average Bonchev–Trinajstić information content (AvgIpc) is 3.50. The summed E-state index contributed by atoms with van der Waals surface area (Å²) in [5, 5.41) is 18.1. The Labute approximate surface area is 281 Å². The summed E-state index contributed by atoms with van der Waals surface area (Å²) < 4.78 is 2.13. The van der Waals surface area contributed by atoms with Gasteiger partial charge >= 0.3 is 0 Å². The number of fused-ring (bicyclic) bond motifs is 3. The molecule has 48 heavy (non-hydrogen) atoms. The molecule has 1 heterocycles. The molecule has 0 radical (unpaired) electrons. The number of benzene rings is 7. The van der Waals surface area contributed by atoms with Gasteiger partial charge in [-0.25, -0.2) is 4.85 Å². The first-order valence-corrected chi connectivity index (χ1v) is 18.0. The molecule has 0 bridgehead atoms. The molecule has 0 saturated heterocycles. The molecule has 4 heteroatoms. The van der Waals surface area contributed by atoms with E-state index in [9.17, 15) is 5.26 Å². The van der Waals surface area contributed by atoms with Crippen LogP contribution in [0.1, 0.15) is 5.56 Å². The zero-order valence-corrected chi connectivity index (χ0v) is 27.1. The van der Waals surface area contributed by atoms with Crippen molar-refractivity contribution in [1.82, 2.24) is 4.57 Å². The lowest BCUT2D eigenvalue weighted by atomic mass is 9.97. The lowest BCUT2D eigenvalue weighted by Crippen LogP contribution is -2.74. The maximum atomic E-state index is 10.8. The molecule has 0 amide bonds. The second-order valence-corrected chi connectivity index (χ2v) is 15.7. The highest BCUT2D eigenvalue weighted by molar-refractivity contribution is 7.19. The van der Waals surface area contributed by atoms with Crippen LogP contribution >= 0.6 is 0 Å². The van der Waals surface area contributed by atoms with Gasteiger partial charge in [0.25, 0.3) is 0 Å². The van der Waals surface area contributed by atoms with Gasteiger partial charge in [0.2, 0.25) is 0 Å². The predicted octanol–water partition coefficient (Wildman–Crippen LogP) is 8.25. The van der Waals surface area contributed by atoms with Crippen molar-refractivity contribution in [3.8, 4) is 22.9 Å². The van der Waals surface area contributed by atoms with Gasteiger partial charge in [0, 0.05) is 10.8 Å². The predicted molar refractivity (Wildman–Crippen MR) is 201 cm³/mol. The zero-order chi connectivity index (χ0) is 32.5. The van der Waals surface area contributed by atoms with E-state index in [2.05, 4.69) is 155 Å². The minimum Gasteiger partial charge on any atom is -0.309 e. The highest BCUT2D eigenvalue weighted by Crippen LogP contribution is 2.38. The number of hydrogen-bond acceptors (Lipinski definition) is 1. The van der Waals surface area contributed by atoms with Crippen molar-refractivity contribution < 1.29 is 0 Å². The van der Waals surface area contributed by atoms with Gasteiger partial charge in [-0.3, -0.25) is 0 Å².